The second-order valence-electron chi connectivity index (χ2n) is 3.86. The zero-order valence-corrected chi connectivity index (χ0v) is 13.5. The molecule has 0 saturated carbocycles. The van der Waals surface area contributed by atoms with Crippen LogP contribution in [0.1, 0.15) is 6.42 Å². The number of ether oxygens (including phenoxy) is 1. The van der Waals surface area contributed by atoms with E-state index < -0.39 is 45.0 Å². The van der Waals surface area contributed by atoms with Crippen LogP contribution in [-0.4, -0.2) is 66.3 Å². The molecule has 0 aromatic rings. The molecule has 1 N–H and O–H groups in total. The molecule has 4 atom stereocenters. The Kier molecular flexibility index (Phi) is 8.36. The number of methoxy groups -OCH3 is 1. The van der Waals surface area contributed by atoms with Crippen molar-refractivity contribution in [2.45, 2.75) is 18.6 Å². The minimum absolute atomic E-state index is 0.000467. The second-order valence-corrected chi connectivity index (χ2v) is 7.03. The van der Waals surface area contributed by atoms with Gasteiger partial charge in [0.2, 0.25) is 0 Å². The zero-order chi connectivity index (χ0) is 15.9. The number of hydrogen-bond acceptors (Lipinski definition) is 9. The lowest BCUT2D eigenvalue weighted by Crippen LogP contribution is -2.24. The van der Waals surface area contributed by atoms with Crippen molar-refractivity contribution < 1.29 is 42.9 Å². The molecule has 1 rings (SSSR count). The van der Waals surface area contributed by atoms with Crippen molar-refractivity contribution >= 4 is 32.8 Å². The van der Waals surface area contributed by atoms with Gasteiger partial charge in [0.25, 0.3) is 0 Å². The SMILES string of the molecule is COC(CCS(=O)O)COS(=O)OCC1COS(=O)(=O)O1. The summed E-state index contributed by atoms with van der Waals surface area (Å²) in [7, 11) is -2.60. The van der Waals surface area contributed by atoms with Crippen LogP contribution >= 0.6 is 0 Å². The maximum absolute atomic E-state index is 11.4. The van der Waals surface area contributed by atoms with Gasteiger partial charge >= 0.3 is 21.8 Å². The molecule has 4 unspecified atom stereocenters. The quantitative estimate of drug-likeness (QED) is 0.473. The smallest absolute Gasteiger partial charge is 0.379 e. The van der Waals surface area contributed by atoms with Gasteiger partial charge in [-0.15, -0.1) is 0 Å². The normalized spacial score (nSPS) is 25.5. The molecular weight excluding hydrogens is 352 g/mol. The molecule has 21 heavy (non-hydrogen) atoms. The van der Waals surface area contributed by atoms with E-state index >= 15 is 0 Å². The van der Waals surface area contributed by atoms with Gasteiger partial charge in [0.1, 0.15) is 6.10 Å². The van der Waals surface area contributed by atoms with E-state index in [4.69, 9.17) is 17.7 Å². The Labute approximate surface area is 127 Å². The monoisotopic (exact) mass is 368 g/mol. The van der Waals surface area contributed by atoms with E-state index in [1.807, 2.05) is 0 Å². The van der Waals surface area contributed by atoms with Crippen LogP contribution in [0.25, 0.3) is 0 Å². The third-order valence-corrected chi connectivity index (χ3v) is 4.47. The molecule has 1 heterocycles. The molecule has 0 aromatic heterocycles. The maximum atomic E-state index is 11.4. The Morgan fingerprint density at radius 2 is 2.10 bits per heavy atom. The third-order valence-electron chi connectivity index (χ3n) is 2.30. The lowest BCUT2D eigenvalue weighted by molar-refractivity contribution is 0.0531. The van der Waals surface area contributed by atoms with Crippen molar-refractivity contribution in [2.75, 3.05) is 32.7 Å². The molecule has 0 aromatic carbocycles. The minimum Gasteiger partial charge on any atom is -0.379 e. The molecule has 0 radical (unpaired) electrons. The lowest BCUT2D eigenvalue weighted by Gasteiger charge is -2.13. The third kappa shape index (κ3) is 8.27. The fourth-order valence-corrected chi connectivity index (χ4v) is 3.13. The Morgan fingerprint density at radius 3 is 2.62 bits per heavy atom. The summed E-state index contributed by atoms with van der Waals surface area (Å²) in [6, 6.07) is 0. The van der Waals surface area contributed by atoms with Gasteiger partial charge in [0, 0.05) is 7.11 Å². The summed E-state index contributed by atoms with van der Waals surface area (Å²) in [6.07, 6.45) is -1.15. The van der Waals surface area contributed by atoms with Gasteiger partial charge in [-0.1, -0.05) is 0 Å². The predicted molar refractivity (Wildman–Crippen MR) is 70.8 cm³/mol. The van der Waals surface area contributed by atoms with E-state index in [-0.39, 0.29) is 32.0 Å². The summed E-state index contributed by atoms with van der Waals surface area (Å²) in [4.78, 5) is 0. The fraction of sp³-hybridized carbons (Fsp3) is 1.00. The Hall–Kier alpha value is 0.01000. The highest BCUT2D eigenvalue weighted by Crippen LogP contribution is 2.13. The number of rotatable bonds is 10. The van der Waals surface area contributed by atoms with Crippen molar-refractivity contribution in [3.8, 4) is 0 Å². The highest BCUT2D eigenvalue weighted by atomic mass is 32.3. The first-order valence-electron chi connectivity index (χ1n) is 5.68. The molecule has 1 saturated heterocycles. The van der Waals surface area contributed by atoms with Crippen LogP contribution in [0, 0.1) is 0 Å². The molecule has 1 aliphatic rings. The summed E-state index contributed by atoms with van der Waals surface area (Å²) in [5, 5.41) is 0. The van der Waals surface area contributed by atoms with Gasteiger partial charge in [-0.3, -0.25) is 8.37 Å². The van der Waals surface area contributed by atoms with E-state index in [0.717, 1.165) is 0 Å². The average Bonchev–Trinajstić information content (AvgIpc) is 2.76. The van der Waals surface area contributed by atoms with Gasteiger partial charge in [-0.2, -0.15) is 12.6 Å². The molecule has 0 aliphatic carbocycles. The van der Waals surface area contributed by atoms with Crippen LogP contribution in [0.5, 0.6) is 0 Å². The largest absolute Gasteiger partial charge is 0.400 e. The van der Waals surface area contributed by atoms with Crippen molar-refractivity contribution in [3.05, 3.63) is 0 Å². The molecule has 10 nitrogen and oxygen atoms in total. The molecule has 1 aliphatic heterocycles. The Balaban J connectivity index is 2.19. The Bertz CT molecular complexity index is 463. The minimum atomic E-state index is -3.98. The van der Waals surface area contributed by atoms with Crippen LogP contribution in [0.4, 0.5) is 0 Å². The zero-order valence-electron chi connectivity index (χ0n) is 11.0. The van der Waals surface area contributed by atoms with E-state index in [9.17, 15) is 16.8 Å². The first kappa shape index (κ1) is 19.1. The molecule has 1 fully saturated rings. The Morgan fingerprint density at radius 1 is 1.38 bits per heavy atom. The van der Waals surface area contributed by atoms with Crippen molar-refractivity contribution in [1.82, 2.24) is 0 Å². The molecule has 126 valence electrons. The molecule has 0 bridgehead atoms. The van der Waals surface area contributed by atoms with Crippen molar-refractivity contribution in [2.24, 2.45) is 0 Å². The van der Waals surface area contributed by atoms with Crippen molar-refractivity contribution in [1.29, 1.82) is 0 Å². The van der Waals surface area contributed by atoms with Gasteiger partial charge in [0.15, 0.2) is 11.1 Å². The first-order valence-corrected chi connectivity index (χ1v) is 9.29. The summed E-state index contributed by atoms with van der Waals surface area (Å²) in [5.74, 6) is 0.000467. The first-order chi connectivity index (χ1) is 9.82. The average molecular weight is 368 g/mol. The molecule has 13 heteroatoms. The summed E-state index contributed by atoms with van der Waals surface area (Å²) in [6.45, 7) is -0.618. The van der Waals surface area contributed by atoms with Crippen LogP contribution in [0.3, 0.4) is 0 Å². The summed E-state index contributed by atoms with van der Waals surface area (Å²) in [5.41, 5.74) is 0. The predicted octanol–water partition coefficient (Wildman–Crippen LogP) is -1.11. The molecular formula is C8H16O10S3. The van der Waals surface area contributed by atoms with Crippen LogP contribution in [0.15, 0.2) is 0 Å². The van der Waals surface area contributed by atoms with Gasteiger partial charge in [0.05, 0.1) is 31.7 Å². The van der Waals surface area contributed by atoms with Gasteiger partial charge in [-0.05, 0) is 6.42 Å². The van der Waals surface area contributed by atoms with Crippen molar-refractivity contribution in [3.63, 3.8) is 0 Å². The van der Waals surface area contributed by atoms with E-state index in [2.05, 4.69) is 8.37 Å². The second kappa shape index (κ2) is 9.22. The molecule has 0 spiro atoms. The number of hydrogen-bond donors (Lipinski definition) is 1. The molecule has 0 amide bonds. The highest BCUT2D eigenvalue weighted by molar-refractivity contribution is 7.82. The topological polar surface area (TPSA) is 135 Å². The maximum Gasteiger partial charge on any atom is 0.400 e. The highest BCUT2D eigenvalue weighted by Gasteiger charge is 2.30. The standard InChI is InChI=1S/C8H16O10S3/c1-14-7(2-3-19(9)10)4-15-20(11)16-5-8-6-17-21(12,13)18-8/h7-8H,2-6H2,1H3,(H,9,10). The van der Waals surface area contributed by atoms with Crippen LogP contribution < -0.4 is 0 Å². The fourth-order valence-electron chi connectivity index (χ4n) is 1.26. The summed E-state index contributed by atoms with van der Waals surface area (Å²) >= 11 is -4.07. The van der Waals surface area contributed by atoms with Crippen LogP contribution in [0.2, 0.25) is 0 Å². The van der Waals surface area contributed by atoms with Gasteiger partial charge < -0.3 is 9.29 Å². The lowest BCUT2D eigenvalue weighted by atomic mass is 10.3. The van der Waals surface area contributed by atoms with Crippen LogP contribution in [-0.2, 0) is 54.3 Å². The van der Waals surface area contributed by atoms with E-state index in [1.54, 1.807) is 0 Å². The van der Waals surface area contributed by atoms with Gasteiger partial charge in [-0.25, -0.2) is 12.6 Å². The van der Waals surface area contributed by atoms with E-state index in [1.165, 1.54) is 7.11 Å². The summed E-state index contributed by atoms with van der Waals surface area (Å²) < 4.78 is 75.5. The van der Waals surface area contributed by atoms with E-state index in [0.29, 0.717) is 0 Å².